The lowest BCUT2D eigenvalue weighted by Gasteiger charge is -2.09. The van der Waals surface area contributed by atoms with Gasteiger partial charge in [0, 0.05) is 24.5 Å². The maximum absolute atomic E-state index is 10.9. The van der Waals surface area contributed by atoms with Crippen LogP contribution in [0.15, 0.2) is 24.3 Å². The second kappa shape index (κ2) is 4.72. The summed E-state index contributed by atoms with van der Waals surface area (Å²) in [4.78, 5) is 10.9. The van der Waals surface area contributed by atoms with Crippen molar-refractivity contribution in [2.45, 2.75) is 13.3 Å². The number of methoxy groups -OCH3 is 1. The van der Waals surface area contributed by atoms with Crippen molar-refractivity contribution in [3.05, 3.63) is 30.0 Å². The number of ether oxygens (including phenoxy) is 1. The van der Waals surface area contributed by atoms with Gasteiger partial charge in [-0.15, -0.1) is 0 Å². The quantitative estimate of drug-likeness (QED) is 0.902. The van der Waals surface area contributed by atoms with Gasteiger partial charge >= 0.3 is 5.97 Å². The fourth-order valence-electron chi connectivity index (χ4n) is 2.20. The number of fused-ring (bicyclic) bond motifs is 1. The Balaban J connectivity index is 2.48. The standard InChI is InChI=1S/C14H17NO3/c1-9(14(16)17)7-11-8-10-5-4-6-12(18-3)13(10)15(11)2/h4-6,8-9H,7H2,1-3H3,(H,16,17). The van der Waals surface area contributed by atoms with Gasteiger partial charge in [-0.2, -0.15) is 0 Å². The summed E-state index contributed by atoms with van der Waals surface area (Å²) in [7, 11) is 3.58. The van der Waals surface area contributed by atoms with Crippen molar-refractivity contribution in [2.24, 2.45) is 13.0 Å². The van der Waals surface area contributed by atoms with Crippen LogP contribution in [0.3, 0.4) is 0 Å². The number of carboxylic acids is 1. The fraction of sp³-hybridized carbons (Fsp3) is 0.357. The van der Waals surface area contributed by atoms with Crippen LogP contribution in [0, 0.1) is 5.92 Å². The molecule has 2 aromatic rings. The zero-order chi connectivity index (χ0) is 13.3. The van der Waals surface area contributed by atoms with Crippen LogP contribution in [0.5, 0.6) is 5.75 Å². The minimum Gasteiger partial charge on any atom is -0.495 e. The van der Waals surface area contributed by atoms with Crippen LogP contribution in [0.2, 0.25) is 0 Å². The molecule has 4 nitrogen and oxygen atoms in total. The monoisotopic (exact) mass is 247 g/mol. The molecule has 2 rings (SSSR count). The molecular formula is C14H17NO3. The topological polar surface area (TPSA) is 51.5 Å². The van der Waals surface area contributed by atoms with Crippen LogP contribution >= 0.6 is 0 Å². The molecule has 0 saturated heterocycles. The third kappa shape index (κ3) is 2.06. The van der Waals surface area contributed by atoms with E-state index in [9.17, 15) is 4.79 Å². The summed E-state index contributed by atoms with van der Waals surface area (Å²) < 4.78 is 7.34. The van der Waals surface area contributed by atoms with Crippen molar-refractivity contribution < 1.29 is 14.6 Å². The van der Waals surface area contributed by atoms with Crippen molar-refractivity contribution in [3.63, 3.8) is 0 Å². The van der Waals surface area contributed by atoms with Gasteiger partial charge in [0.15, 0.2) is 0 Å². The summed E-state index contributed by atoms with van der Waals surface area (Å²) in [6.07, 6.45) is 0.518. The third-order valence-electron chi connectivity index (χ3n) is 3.28. The number of hydrogen-bond acceptors (Lipinski definition) is 2. The second-order valence-corrected chi connectivity index (χ2v) is 4.54. The highest BCUT2D eigenvalue weighted by Crippen LogP contribution is 2.28. The molecule has 1 atom stereocenters. The molecule has 0 aliphatic heterocycles. The van der Waals surface area contributed by atoms with E-state index >= 15 is 0 Å². The lowest BCUT2D eigenvalue weighted by Crippen LogP contribution is -2.14. The predicted octanol–water partition coefficient (Wildman–Crippen LogP) is 2.45. The Morgan fingerprint density at radius 1 is 1.50 bits per heavy atom. The maximum atomic E-state index is 10.9. The van der Waals surface area contributed by atoms with Crippen LogP contribution in [-0.2, 0) is 18.3 Å². The Kier molecular flexibility index (Phi) is 3.28. The van der Waals surface area contributed by atoms with E-state index in [-0.39, 0.29) is 5.92 Å². The normalized spacial score (nSPS) is 12.6. The van der Waals surface area contributed by atoms with Gasteiger partial charge in [0.2, 0.25) is 0 Å². The molecule has 96 valence electrons. The number of aromatic nitrogens is 1. The lowest BCUT2D eigenvalue weighted by molar-refractivity contribution is -0.141. The Morgan fingerprint density at radius 2 is 2.22 bits per heavy atom. The largest absolute Gasteiger partial charge is 0.495 e. The van der Waals surface area contributed by atoms with E-state index in [0.29, 0.717) is 6.42 Å². The van der Waals surface area contributed by atoms with Gasteiger partial charge in [-0.1, -0.05) is 19.1 Å². The van der Waals surface area contributed by atoms with E-state index in [2.05, 4.69) is 0 Å². The van der Waals surface area contributed by atoms with Gasteiger partial charge in [-0.25, -0.2) is 0 Å². The Hall–Kier alpha value is -1.97. The second-order valence-electron chi connectivity index (χ2n) is 4.54. The summed E-state index contributed by atoms with van der Waals surface area (Å²) >= 11 is 0. The molecule has 4 heteroatoms. The number of carbonyl (C=O) groups is 1. The molecular weight excluding hydrogens is 230 g/mol. The molecule has 18 heavy (non-hydrogen) atoms. The molecule has 0 aliphatic rings. The highest BCUT2D eigenvalue weighted by atomic mass is 16.5. The van der Waals surface area contributed by atoms with Gasteiger partial charge < -0.3 is 14.4 Å². The summed E-state index contributed by atoms with van der Waals surface area (Å²) in [5.74, 6) is -0.351. The number of aryl methyl sites for hydroxylation is 1. The molecule has 1 aromatic carbocycles. The number of para-hydroxylation sites is 1. The Bertz CT molecular complexity index is 586. The van der Waals surface area contributed by atoms with Crippen molar-refractivity contribution in [1.82, 2.24) is 4.57 Å². The summed E-state index contributed by atoms with van der Waals surface area (Å²) in [6, 6.07) is 7.88. The van der Waals surface area contributed by atoms with Gasteiger partial charge in [-0.05, 0) is 12.1 Å². The van der Waals surface area contributed by atoms with Crippen LogP contribution in [0.25, 0.3) is 10.9 Å². The number of benzene rings is 1. The van der Waals surface area contributed by atoms with E-state index < -0.39 is 5.97 Å². The highest BCUT2D eigenvalue weighted by Gasteiger charge is 2.16. The van der Waals surface area contributed by atoms with Gasteiger partial charge in [-0.3, -0.25) is 4.79 Å². The first-order chi connectivity index (χ1) is 8.54. The average Bonchev–Trinajstić information content (AvgIpc) is 2.66. The minimum atomic E-state index is -0.771. The number of hydrogen-bond donors (Lipinski definition) is 1. The van der Waals surface area contributed by atoms with Gasteiger partial charge in [0.1, 0.15) is 5.75 Å². The minimum absolute atomic E-state index is 0.390. The molecule has 1 unspecified atom stereocenters. The van der Waals surface area contributed by atoms with Crippen molar-refractivity contribution in [1.29, 1.82) is 0 Å². The fourth-order valence-corrected chi connectivity index (χ4v) is 2.20. The Morgan fingerprint density at radius 3 is 2.83 bits per heavy atom. The van der Waals surface area contributed by atoms with Crippen molar-refractivity contribution >= 4 is 16.9 Å². The molecule has 0 fully saturated rings. The molecule has 0 spiro atoms. The van der Waals surface area contributed by atoms with E-state index in [1.54, 1.807) is 14.0 Å². The molecule has 1 aromatic heterocycles. The highest BCUT2D eigenvalue weighted by molar-refractivity contribution is 5.87. The molecule has 0 amide bonds. The first-order valence-corrected chi connectivity index (χ1v) is 5.88. The predicted molar refractivity (Wildman–Crippen MR) is 70.0 cm³/mol. The number of aliphatic carboxylic acids is 1. The molecule has 1 N–H and O–H groups in total. The van der Waals surface area contributed by atoms with Crippen LogP contribution < -0.4 is 4.74 Å². The zero-order valence-corrected chi connectivity index (χ0v) is 10.8. The van der Waals surface area contributed by atoms with Gasteiger partial charge in [0.25, 0.3) is 0 Å². The van der Waals surface area contributed by atoms with Crippen molar-refractivity contribution in [3.8, 4) is 5.75 Å². The molecule has 0 saturated carbocycles. The average molecular weight is 247 g/mol. The molecule has 0 bridgehead atoms. The zero-order valence-electron chi connectivity index (χ0n) is 10.8. The summed E-state index contributed by atoms with van der Waals surface area (Å²) in [5, 5.41) is 10.0. The lowest BCUT2D eigenvalue weighted by atomic mass is 10.1. The molecule has 0 aliphatic carbocycles. The smallest absolute Gasteiger partial charge is 0.306 e. The van der Waals surface area contributed by atoms with Crippen LogP contribution in [-0.4, -0.2) is 22.8 Å². The van der Waals surface area contributed by atoms with E-state index in [1.165, 1.54) is 0 Å². The Labute approximate surface area is 106 Å². The molecule has 1 heterocycles. The van der Waals surface area contributed by atoms with Crippen LogP contribution in [0.1, 0.15) is 12.6 Å². The maximum Gasteiger partial charge on any atom is 0.306 e. The van der Waals surface area contributed by atoms with E-state index in [1.807, 2.05) is 35.9 Å². The van der Waals surface area contributed by atoms with Crippen LogP contribution in [0.4, 0.5) is 0 Å². The SMILES string of the molecule is COc1cccc2cc(CC(C)C(=O)O)n(C)c12. The number of carboxylic acid groups (broad SMARTS) is 1. The van der Waals surface area contributed by atoms with Crippen molar-refractivity contribution in [2.75, 3.05) is 7.11 Å². The number of nitrogens with zero attached hydrogens (tertiary/aromatic N) is 1. The third-order valence-corrected chi connectivity index (χ3v) is 3.28. The first kappa shape index (κ1) is 12.5. The summed E-state index contributed by atoms with van der Waals surface area (Å²) in [5.41, 5.74) is 2.01. The first-order valence-electron chi connectivity index (χ1n) is 5.88. The molecule has 0 radical (unpaired) electrons. The number of rotatable bonds is 4. The summed E-state index contributed by atoms with van der Waals surface area (Å²) in [6.45, 7) is 1.72. The van der Waals surface area contributed by atoms with E-state index in [4.69, 9.17) is 9.84 Å². The van der Waals surface area contributed by atoms with E-state index in [0.717, 1.165) is 22.3 Å². The van der Waals surface area contributed by atoms with Gasteiger partial charge in [0.05, 0.1) is 18.5 Å².